The largest absolute Gasteiger partial charge is 0.484 e. The lowest BCUT2D eigenvalue weighted by Gasteiger charge is -2.08. The fourth-order valence-electron chi connectivity index (χ4n) is 1.94. The van der Waals surface area contributed by atoms with Gasteiger partial charge in [0.05, 0.1) is 0 Å². The van der Waals surface area contributed by atoms with Gasteiger partial charge in [0.25, 0.3) is 10.1 Å². The highest BCUT2D eigenvalue weighted by Crippen LogP contribution is 2.22. The van der Waals surface area contributed by atoms with Gasteiger partial charge < -0.3 is 4.74 Å². The number of unbranched alkanes of at least 4 members (excludes halogenated alkanes) is 4. The molecule has 0 aromatic heterocycles. The lowest BCUT2D eigenvalue weighted by atomic mass is 10.1. The Morgan fingerprint density at radius 3 is 2.48 bits per heavy atom. The van der Waals surface area contributed by atoms with E-state index in [0.717, 1.165) is 25.7 Å². The van der Waals surface area contributed by atoms with Crippen LogP contribution in [0.4, 0.5) is 0 Å². The summed E-state index contributed by atoms with van der Waals surface area (Å²) in [5.74, 6) is -0.0732. The van der Waals surface area contributed by atoms with Gasteiger partial charge in [-0.3, -0.25) is 9.35 Å². The van der Waals surface area contributed by atoms with Crippen molar-refractivity contribution >= 4 is 15.9 Å². The third-order valence-electron chi connectivity index (χ3n) is 3.07. The van der Waals surface area contributed by atoms with Gasteiger partial charge in [0.2, 0.25) is 0 Å². The van der Waals surface area contributed by atoms with Crippen LogP contribution >= 0.6 is 0 Å². The van der Waals surface area contributed by atoms with Crippen molar-refractivity contribution < 1.29 is 22.5 Å². The molecular weight excluding hydrogens is 292 g/mol. The number of ether oxygens (including phenoxy) is 1. The number of Topliss-reactive ketones (excluding diaryl/α,β-unsaturated/α-hetero) is 1. The summed E-state index contributed by atoms with van der Waals surface area (Å²) in [4.78, 5) is 11.4. The molecule has 0 heterocycles. The number of para-hydroxylation sites is 1. The van der Waals surface area contributed by atoms with Crippen LogP contribution in [0.3, 0.4) is 0 Å². The Kier molecular flexibility index (Phi) is 7.39. The summed E-state index contributed by atoms with van der Waals surface area (Å²) >= 11 is 0. The zero-order valence-corrected chi connectivity index (χ0v) is 13.1. The highest BCUT2D eigenvalue weighted by Gasteiger charge is 2.16. The lowest BCUT2D eigenvalue weighted by Crippen LogP contribution is -2.12. The van der Waals surface area contributed by atoms with Crippen LogP contribution in [0, 0.1) is 0 Å². The van der Waals surface area contributed by atoms with Crippen LogP contribution in [-0.4, -0.2) is 25.4 Å². The van der Waals surface area contributed by atoms with Crippen molar-refractivity contribution in [1.29, 1.82) is 0 Å². The zero-order valence-electron chi connectivity index (χ0n) is 12.2. The second-order valence-electron chi connectivity index (χ2n) is 4.91. The fourth-order valence-corrected chi connectivity index (χ4v) is 2.57. The molecule has 0 amide bonds. The Hall–Kier alpha value is -1.40. The molecule has 1 rings (SSSR count). The van der Waals surface area contributed by atoms with Crippen LogP contribution in [-0.2, 0) is 14.9 Å². The molecule has 0 aliphatic carbocycles. The van der Waals surface area contributed by atoms with Crippen LogP contribution in [0.5, 0.6) is 5.75 Å². The number of hydrogen-bond acceptors (Lipinski definition) is 4. The van der Waals surface area contributed by atoms with E-state index in [1.165, 1.54) is 24.6 Å². The zero-order chi connectivity index (χ0) is 15.7. The van der Waals surface area contributed by atoms with E-state index in [2.05, 4.69) is 6.92 Å². The first-order valence-electron chi connectivity index (χ1n) is 7.16. The molecule has 5 nitrogen and oxygen atoms in total. The first-order chi connectivity index (χ1) is 9.95. The Bertz CT molecular complexity index is 551. The van der Waals surface area contributed by atoms with E-state index in [9.17, 15) is 13.2 Å². The van der Waals surface area contributed by atoms with Crippen LogP contribution < -0.4 is 4.74 Å². The summed E-state index contributed by atoms with van der Waals surface area (Å²) in [6, 6.07) is 5.71. The van der Waals surface area contributed by atoms with E-state index in [0.29, 0.717) is 6.42 Å². The highest BCUT2D eigenvalue weighted by molar-refractivity contribution is 7.86. The summed E-state index contributed by atoms with van der Waals surface area (Å²) in [7, 11) is -4.34. The predicted molar refractivity (Wildman–Crippen MR) is 80.1 cm³/mol. The SMILES string of the molecule is CCCCCCCC(=O)COc1ccccc1S(=O)(=O)O. The molecule has 0 unspecified atom stereocenters. The molecule has 21 heavy (non-hydrogen) atoms. The van der Waals surface area contributed by atoms with Crippen molar-refractivity contribution in [2.24, 2.45) is 0 Å². The molecule has 0 saturated heterocycles. The first-order valence-corrected chi connectivity index (χ1v) is 8.60. The molecule has 0 aliphatic rings. The van der Waals surface area contributed by atoms with Gasteiger partial charge in [-0.05, 0) is 18.6 Å². The number of carbonyl (C=O) groups excluding carboxylic acids is 1. The maximum atomic E-state index is 11.7. The molecule has 0 atom stereocenters. The minimum atomic E-state index is -4.34. The number of ketones is 1. The first kappa shape index (κ1) is 17.7. The molecule has 0 aliphatic heterocycles. The van der Waals surface area contributed by atoms with E-state index >= 15 is 0 Å². The van der Waals surface area contributed by atoms with Crippen LogP contribution in [0.25, 0.3) is 0 Å². The average Bonchev–Trinajstić information content (AvgIpc) is 2.44. The molecule has 0 saturated carbocycles. The Balaban J connectivity index is 2.44. The average molecular weight is 314 g/mol. The molecule has 118 valence electrons. The quantitative estimate of drug-likeness (QED) is 0.529. The standard InChI is InChI=1S/C15H22O5S/c1-2-3-4-5-6-9-13(16)12-20-14-10-7-8-11-15(14)21(17,18)19/h7-8,10-11H,2-6,9,12H2,1H3,(H,17,18,19). The van der Waals surface area contributed by atoms with Crippen LogP contribution in [0.2, 0.25) is 0 Å². The number of carbonyl (C=O) groups is 1. The summed E-state index contributed by atoms with van der Waals surface area (Å²) in [6.45, 7) is 1.95. The molecular formula is C15H22O5S. The lowest BCUT2D eigenvalue weighted by molar-refractivity contribution is -0.121. The Labute approximate surface area is 126 Å². The maximum Gasteiger partial charge on any atom is 0.298 e. The molecule has 0 radical (unpaired) electrons. The number of hydrogen-bond donors (Lipinski definition) is 1. The van der Waals surface area contributed by atoms with Crippen molar-refractivity contribution in [3.8, 4) is 5.75 Å². The number of benzene rings is 1. The molecule has 1 N–H and O–H groups in total. The summed E-state index contributed by atoms with van der Waals surface area (Å²) in [5.41, 5.74) is 0. The van der Waals surface area contributed by atoms with Crippen molar-refractivity contribution in [3.63, 3.8) is 0 Å². The van der Waals surface area contributed by atoms with E-state index in [1.807, 2.05) is 0 Å². The smallest absolute Gasteiger partial charge is 0.298 e. The molecule has 6 heteroatoms. The van der Waals surface area contributed by atoms with E-state index in [-0.39, 0.29) is 23.0 Å². The topological polar surface area (TPSA) is 80.7 Å². The van der Waals surface area contributed by atoms with Crippen molar-refractivity contribution in [2.45, 2.75) is 50.3 Å². The molecule has 1 aromatic rings. The fraction of sp³-hybridized carbons (Fsp3) is 0.533. The molecule has 0 fully saturated rings. The Morgan fingerprint density at radius 2 is 1.81 bits per heavy atom. The number of rotatable bonds is 10. The molecule has 1 aromatic carbocycles. The van der Waals surface area contributed by atoms with Crippen LogP contribution in [0.1, 0.15) is 45.4 Å². The minimum Gasteiger partial charge on any atom is -0.484 e. The van der Waals surface area contributed by atoms with Gasteiger partial charge in [0.1, 0.15) is 17.3 Å². The molecule has 0 bridgehead atoms. The van der Waals surface area contributed by atoms with Gasteiger partial charge in [0.15, 0.2) is 5.78 Å². The maximum absolute atomic E-state index is 11.7. The van der Waals surface area contributed by atoms with Gasteiger partial charge in [0, 0.05) is 6.42 Å². The van der Waals surface area contributed by atoms with Crippen LogP contribution in [0.15, 0.2) is 29.2 Å². The normalized spacial score (nSPS) is 11.3. The highest BCUT2D eigenvalue weighted by atomic mass is 32.2. The summed E-state index contributed by atoms with van der Waals surface area (Å²) in [5, 5.41) is 0. The monoisotopic (exact) mass is 314 g/mol. The molecule has 0 spiro atoms. The van der Waals surface area contributed by atoms with Gasteiger partial charge in [-0.25, -0.2) is 0 Å². The second kappa shape index (κ2) is 8.79. The third-order valence-corrected chi connectivity index (χ3v) is 3.97. The van der Waals surface area contributed by atoms with E-state index in [1.54, 1.807) is 6.07 Å². The van der Waals surface area contributed by atoms with Gasteiger partial charge in [-0.15, -0.1) is 0 Å². The van der Waals surface area contributed by atoms with E-state index in [4.69, 9.17) is 9.29 Å². The minimum absolute atomic E-state index is 0.000618. The predicted octanol–water partition coefficient (Wildman–Crippen LogP) is 3.24. The second-order valence-corrected chi connectivity index (χ2v) is 6.30. The Morgan fingerprint density at radius 1 is 1.14 bits per heavy atom. The van der Waals surface area contributed by atoms with Crippen molar-refractivity contribution in [3.05, 3.63) is 24.3 Å². The third kappa shape index (κ3) is 6.73. The summed E-state index contributed by atoms with van der Waals surface area (Å²) in [6.07, 6.45) is 5.72. The van der Waals surface area contributed by atoms with Gasteiger partial charge in [-0.1, -0.05) is 44.7 Å². The van der Waals surface area contributed by atoms with Crippen molar-refractivity contribution in [2.75, 3.05) is 6.61 Å². The summed E-state index contributed by atoms with van der Waals surface area (Å²) < 4.78 is 36.6. The van der Waals surface area contributed by atoms with Gasteiger partial charge in [-0.2, -0.15) is 8.42 Å². The van der Waals surface area contributed by atoms with E-state index < -0.39 is 10.1 Å². The van der Waals surface area contributed by atoms with Crippen molar-refractivity contribution in [1.82, 2.24) is 0 Å². The van der Waals surface area contributed by atoms with Gasteiger partial charge >= 0.3 is 0 Å².